The van der Waals surface area contributed by atoms with Crippen LogP contribution in [-0.4, -0.2) is 5.48 Å². The molecule has 0 aliphatic rings. The number of benzene rings is 5. The Balaban J connectivity index is 0.000000160. The summed E-state index contributed by atoms with van der Waals surface area (Å²) in [7, 11) is 0. The van der Waals surface area contributed by atoms with E-state index in [9.17, 15) is 0 Å². The maximum atomic E-state index is 2.12. The first-order chi connectivity index (χ1) is 13.9. The highest BCUT2D eigenvalue weighted by Crippen LogP contribution is 2.17. The van der Waals surface area contributed by atoms with Crippen molar-refractivity contribution in [2.45, 2.75) is 0 Å². The first-order valence-electron chi connectivity index (χ1n) is 9.48. The lowest BCUT2D eigenvalue weighted by atomic mass is 10.1. The zero-order valence-corrected chi connectivity index (χ0v) is 16.4. The summed E-state index contributed by atoms with van der Waals surface area (Å²) in [6.07, 6.45) is 0. The first kappa shape index (κ1) is 21.6. The van der Waals surface area contributed by atoms with Gasteiger partial charge in [-0.05, 0) is 21.9 Å². The van der Waals surface area contributed by atoms with Crippen molar-refractivity contribution < 1.29 is 5.48 Å². The van der Waals surface area contributed by atoms with Gasteiger partial charge in [-0.3, -0.25) is 0 Å². The van der Waals surface area contributed by atoms with Gasteiger partial charge in [0.25, 0.3) is 0 Å². The minimum absolute atomic E-state index is 0. The fourth-order valence-electron chi connectivity index (χ4n) is 2.78. The highest BCUT2D eigenvalue weighted by Gasteiger charge is 1.91. The van der Waals surface area contributed by atoms with E-state index in [0.717, 1.165) is 0 Å². The zero-order valence-electron chi connectivity index (χ0n) is 16.4. The summed E-state index contributed by atoms with van der Waals surface area (Å²) >= 11 is 0. The lowest BCUT2D eigenvalue weighted by molar-refractivity contribution is 0.824. The second kappa shape index (κ2) is 12.7. The molecule has 0 fully saturated rings. The van der Waals surface area contributed by atoms with Gasteiger partial charge in [0.15, 0.2) is 0 Å². The van der Waals surface area contributed by atoms with E-state index in [1.165, 1.54) is 21.9 Å². The summed E-state index contributed by atoms with van der Waals surface area (Å²) in [6.45, 7) is 0. The highest BCUT2D eigenvalue weighted by atomic mass is 16.0. The highest BCUT2D eigenvalue weighted by molar-refractivity contribution is 5.82. The van der Waals surface area contributed by atoms with Crippen molar-refractivity contribution in [3.05, 3.63) is 146 Å². The van der Waals surface area contributed by atoms with E-state index in [0.29, 0.717) is 0 Å². The minimum atomic E-state index is 0. The molecule has 0 radical (unpaired) electrons. The Hall–Kier alpha value is -3.68. The second-order valence-electron chi connectivity index (χ2n) is 6.23. The van der Waals surface area contributed by atoms with Crippen LogP contribution in [0.15, 0.2) is 146 Å². The molecule has 0 unspecified atom stereocenters. The van der Waals surface area contributed by atoms with Crippen molar-refractivity contribution >= 4 is 10.8 Å². The summed E-state index contributed by atoms with van der Waals surface area (Å²) in [4.78, 5) is 0. The van der Waals surface area contributed by atoms with E-state index in [1.54, 1.807) is 0 Å². The normalized spacial score (nSPS) is 9.10. The average molecular weight is 379 g/mol. The third-order valence-corrected chi connectivity index (χ3v) is 4.21. The van der Waals surface area contributed by atoms with E-state index >= 15 is 0 Å². The molecule has 0 bridgehead atoms. The molecule has 0 aliphatic carbocycles. The van der Waals surface area contributed by atoms with Gasteiger partial charge >= 0.3 is 0 Å². The first-order valence-corrected chi connectivity index (χ1v) is 9.48. The number of hydrogen-bond acceptors (Lipinski definition) is 0. The van der Waals surface area contributed by atoms with Crippen molar-refractivity contribution in [3.63, 3.8) is 0 Å². The summed E-state index contributed by atoms with van der Waals surface area (Å²) < 4.78 is 0. The molecule has 5 aromatic rings. The maximum Gasteiger partial charge on any atom is -0.0184 e. The number of fused-ring (bicyclic) bond motifs is 1. The van der Waals surface area contributed by atoms with E-state index in [1.807, 2.05) is 48.5 Å². The number of hydrogen-bond donors (Lipinski definition) is 0. The molecule has 0 heterocycles. The van der Waals surface area contributed by atoms with E-state index in [-0.39, 0.29) is 5.48 Å². The SMILES string of the molecule is O.c1ccc(-c2ccccc2)cc1.c1ccc2ccccc2c1.c1ccccc1. The molecule has 0 saturated carbocycles. The van der Waals surface area contributed by atoms with E-state index in [2.05, 4.69) is 97.1 Å². The molecule has 5 rings (SSSR count). The summed E-state index contributed by atoms with van der Waals surface area (Å²) in [6, 6.07) is 49.5. The van der Waals surface area contributed by atoms with Crippen LogP contribution in [0.1, 0.15) is 0 Å². The molecule has 2 N–H and O–H groups in total. The average Bonchev–Trinajstić information content (AvgIpc) is 2.82. The molecule has 1 nitrogen and oxygen atoms in total. The van der Waals surface area contributed by atoms with Gasteiger partial charge in [-0.1, -0.05) is 146 Å². The third-order valence-electron chi connectivity index (χ3n) is 4.21. The molecule has 0 atom stereocenters. The molecule has 0 spiro atoms. The van der Waals surface area contributed by atoms with Crippen LogP contribution in [0.3, 0.4) is 0 Å². The Kier molecular flexibility index (Phi) is 9.44. The Morgan fingerprint density at radius 1 is 0.241 bits per heavy atom. The fourth-order valence-corrected chi connectivity index (χ4v) is 2.78. The molecule has 1 heteroatoms. The summed E-state index contributed by atoms with van der Waals surface area (Å²) in [5, 5.41) is 2.62. The van der Waals surface area contributed by atoms with Gasteiger partial charge in [-0.25, -0.2) is 0 Å². The van der Waals surface area contributed by atoms with Crippen LogP contribution in [0.25, 0.3) is 21.9 Å². The molecular formula is C28H26O. The summed E-state index contributed by atoms with van der Waals surface area (Å²) in [5.41, 5.74) is 2.55. The van der Waals surface area contributed by atoms with Crippen LogP contribution in [0.5, 0.6) is 0 Å². The summed E-state index contributed by atoms with van der Waals surface area (Å²) in [5.74, 6) is 0. The van der Waals surface area contributed by atoms with Crippen LogP contribution >= 0.6 is 0 Å². The number of rotatable bonds is 1. The standard InChI is InChI=1S/C12H10.C10H8.C6H6.H2O/c1-3-7-11(8-4-1)12-9-5-2-6-10-12;1-2-6-10-8-4-3-7-9(10)5-1;1-2-4-6-5-3-1;/h1-10H;1-8H;1-6H;1H2. The van der Waals surface area contributed by atoms with Crippen molar-refractivity contribution in [1.29, 1.82) is 0 Å². The predicted molar refractivity (Wildman–Crippen MR) is 126 cm³/mol. The Morgan fingerprint density at radius 3 is 0.724 bits per heavy atom. The van der Waals surface area contributed by atoms with Gasteiger partial charge in [0, 0.05) is 0 Å². The molecule has 0 aromatic heterocycles. The predicted octanol–water partition coefficient (Wildman–Crippen LogP) is 7.06. The Labute approximate surface area is 173 Å². The molecule has 5 aromatic carbocycles. The molecule has 0 aliphatic heterocycles. The lowest BCUT2D eigenvalue weighted by Crippen LogP contribution is -1.73. The van der Waals surface area contributed by atoms with E-state index < -0.39 is 0 Å². The maximum absolute atomic E-state index is 2.12. The van der Waals surface area contributed by atoms with Crippen LogP contribution in [0.2, 0.25) is 0 Å². The molecule has 144 valence electrons. The minimum Gasteiger partial charge on any atom is -0.412 e. The van der Waals surface area contributed by atoms with Gasteiger partial charge in [0.05, 0.1) is 0 Å². The second-order valence-corrected chi connectivity index (χ2v) is 6.23. The van der Waals surface area contributed by atoms with E-state index in [4.69, 9.17) is 0 Å². The van der Waals surface area contributed by atoms with Crippen LogP contribution < -0.4 is 0 Å². The van der Waals surface area contributed by atoms with Crippen molar-refractivity contribution in [2.75, 3.05) is 0 Å². The third kappa shape index (κ3) is 7.45. The van der Waals surface area contributed by atoms with Gasteiger partial charge < -0.3 is 5.48 Å². The van der Waals surface area contributed by atoms with Gasteiger partial charge in [-0.15, -0.1) is 0 Å². The molecule has 29 heavy (non-hydrogen) atoms. The van der Waals surface area contributed by atoms with Gasteiger partial charge in [0.2, 0.25) is 0 Å². The quantitative estimate of drug-likeness (QED) is 0.299. The smallest absolute Gasteiger partial charge is 0.0184 e. The molecule has 0 saturated heterocycles. The van der Waals surface area contributed by atoms with Gasteiger partial charge in [0.1, 0.15) is 0 Å². The topological polar surface area (TPSA) is 31.5 Å². The van der Waals surface area contributed by atoms with Crippen LogP contribution in [-0.2, 0) is 0 Å². The van der Waals surface area contributed by atoms with Crippen LogP contribution in [0, 0.1) is 0 Å². The Bertz CT molecular complexity index is 913. The largest absolute Gasteiger partial charge is 0.412 e. The van der Waals surface area contributed by atoms with Gasteiger partial charge in [-0.2, -0.15) is 0 Å². The molecule has 0 amide bonds. The zero-order chi connectivity index (χ0) is 19.3. The van der Waals surface area contributed by atoms with Crippen molar-refractivity contribution in [3.8, 4) is 11.1 Å². The van der Waals surface area contributed by atoms with Crippen LogP contribution in [0.4, 0.5) is 0 Å². The molecular weight excluding hydrogens is 352 g/mol. The van der Waals surface area contributed by atoms with Crippen molar-refractivity contribution in [2.24, 2.45) is 0 Å². The Morgan fingerprint density at radius 2 is 0.448 bits per heavy atom. The fraction of sp³-hybridized carbons (Fsp3) is 0. The van der Waals surface area contributed by atoms with Crippen molar-refractivity contribution in [1.82, 2.24) is 0 Å². The lowest BCUT2D eigenvalue weighted by Gasteiger charge is -1.98. The monoisotopic (exact) mass is 378 g/mol.